The van der Waals surface area contributed by atoms with Crippen LogP contribution in [0.15, 0.2) is 41.0 Å². The summed E-state index contributed by atoms with van der Waals surface area (Å²) in [5.41, 5.74) is 3.06. The lowest BCUT2D eigenvalue weighted by atomic mass is 10.2. The van der Waals surface area contributed by atoms with Crippen LogP contribution in [-0.4, -0.2) is 31.3 Å². The Kier molecular flexibility index (Phi) is 2.44. The minimum Gasteiger partial charge on any atom is -0.308 e. The summed E-state index contributed by atoms with van der Waals surface area (Å²) in [6.07, 6.45) is 0. The average Bonchev–Trinajstić information content (AvgIpc) is 3.28. The SMILES string of the molecule is O=[N+]([O-])c1ccc(N2CCn3c2nc2ccccc23)c2nonc12. The van der Waals surface area contributed by atoms with Gasteiger partial charge in [0.05, 0.1) is 21.6 Å². The van der Waals surface area contributed by atoms with E-state index in [4.69, 9.17) is 4.63 Å². The molecule has 0 unspecified atom stereocenters. The summed E-state index contributed by atoms with van der Waals surface area (Å²) in [6, 6.07) is 11.0. The summed E-state index contributed by atoms with van der Waals surface area (Å²) in [6.45, 7) is 1.48. The van der Waals surface area contributed by atoms with Crippen LogP contribution < -0.4 is 4.90 Å². The Morgan fingerprint density at radius 2 is 1.92 bits per heavy atom. The first-order chi connectivity index (χ1) is 11.7. The van der Waals surface area contributed by atoms with Crippen molar-refractivity contribution in [2.45, 2.75) is 6.54 Å². The molecule has 118 valence electrons. The highest BCUT2D eigenvalue weighted by atomic mass is 16.6. The van der Waals surface area contributed by atoms with E-state index in [1.54, 1.807) is 6.07 Å². The summed E-state index contributed by atoms with van der Waals surface area (Å²) in [5.74, 6) is 0.786. The Hall–Kier alpha value is -3.49. The van der Waals surface area contributed by atoms with Crippen LogP contribution >= 0.6 is 0 Å². The van der Waals surface area contributed by atoms with Gasteiger partial charge in [-0.15, -0.1) is 0 Å². The first kappa shape index (κ1) is 13.0. The van der Waals surface area contributed by atoms with Crippen molar-refractivity contribution in [3.8, 4) is 0 Å². The Morgan fingerprint density at radius 3 is 2.79 bits per heavy atom. The highest BCUT2D eigenvalue weighted by Crippen LogP contribution is 2.38. The van der Waals surface area contributed by atoms with Crippen molar-refractivity contribution in [2.24, 2.45) is 0 Å². The molecular formula is C15H10N6O3. The van der Waals surface area contributed by atoms with Crippen molar-refractivity contribution in [3.63, 3.8) is 0 Å². The molecule has 0 atom stereocenters. The number of rotatable bonds is 2. The van der Waals surface area contributed by atoms with Crippen LogP contribution in [0.25, 0.3) is 22.1 Å². The third-order valence-corrected chi connectivity index (χ3v) is 4.28. The molecule has 0 N–H and O–H groups in total. The predicted molar refractivity (Wildman–Crippen MR) is 85.2 cm³/mol. The first-order valence-electron chi connectivity index (χ1n) is 7.36. The highest BCUT2D eigenvalue weighted by molar-refractivity contribution is 5.96. The number of hydrogen-bond acceptors (Lipinski definition) is 7. The van der Waals surface area contributed by atoms with Crippen molar-refractivity contribution < 1.29 is 9.55 Å². The smallest absolute Gasteiger partial charge is 0.300 e. The zero-order valence-electron chi connectivity index (χ0n) is 12.3. The molecule has 0 amide bonds. The molecule has 0 spiro atoms. The lowest BCUT2D eigenvalue weighted by Gasteiger charge is -2.15. The molecule has 1 aliphatic rings. The number of imidazole rings is 1. The van der Waals surface area contributed by atoms with Gasteiger partial charge in [0.1, 0.15) is 0 Å². The molecule has 0 fully saturated rings. The molecule has 2 aromatic heterocycles. The van der Waals surface area contributed by atoms with Gasteiger partial charge in [0, 0.05) is 19.2 Å². The molecule has 2 aromatic carbocycles. The number of nitro groups is 1. The maximum Gasteiger partial charge on any atom is 0.300 e. The minimum absolute atomic E-state index is 0.123. The standard InChI is InChI=1S/C15H10N6O3/c22-21(23)12-6-5-11(13-14(12)18-24-17-13)20-8-7-19-10-4-2-1-3-9(10)16-15(19)20/h1-6H,7-8H2. The summed E-state index contributed by atoms with van der Waals surface area (Å²) in [7, 11) is 0. The van der Waals surface area contributed by atoms with Crippen LogP contribution in [0.1, 0.15) is 0 Å². The molecule has 24 heavy (non-hydrogen) atoms. The molecule has 1 aliphatic heterocycles. The van der Waals surface area contributed by atoms with Gasteiger partial charge in [-0.3, -0.25) is 10.1 Å². The third-order valence-electron chi connectivity index (χ3n) is 4.28. The minimum atomic E-state index is -0.491. The average molecular weight is 322 g/mol. The Balaban J connectivity index is 1.72. The molecule has 0 saturated heterocycles. The number of non-ortho nitro benzene ring substituents is 1. The van der Waals surface area contributed by atoms with Gasteiger partial charge in [-0.25, -0.2) is 9.61 Å². The number of nitrogens with zero attached hydrogens (tertiary/aromatic N) is 6. The molecule has 0 aliphatic carbocycles. The molecule has 4 aromatic rings. The lowest BCUT2D eigenvalue weighted by Crippen LogP contribution is -2.14. The fourth-order valence-corrected chi connectivity index (χ4v) is 3.22. The predicted octanol–water partition coefficient (Wildman–Crippen LogP) is 2.63. The van der Waals surface area contributed by atoms with Crippen LogP contribution in [0.3, 0.4) is 0 Å². The van der Waals surface area contributed by atoms with E-state index in [1.807, 2.05) is 29.2 Å². The Bertz CT molecular complexity index is 1120. The summed E-state index contributed by atoms with van der Waals surface area (Å²) < 4.78 is 6.87. The van der Waals surface area contributed by atoms with Gasteiger partial charge in [0.15, 0.2) is 5.52 Å². The number of hydrogen-bond donors (Lipinski definition) is 0. The second-order valence-corrected chi connectivity index (χ2v) is 5.53. The quantitative estimate of drug-likeness (QED) is 0.413. The number of para-hydroxylation sites is 2. The molecule has 9 heteroatoms. The first-order valence-corrected chi connectivity index (χ1v) is 7.36. The fourth-order valence-electron chi connectivity index (χ4n) is 3.22. The van der Waals surface area contributed by atoms with Gasteiger partial charge >= 0.3 is 5.69 Å². The van der Waals surface area contributed by atoms with Crippen molar-refractivity contribution in [1.29, 1.82) is 0 Å². The van der Waals surface area contributed by atoms with Crippen molar-refractivity contribution in [2.75, 3.05) is 11.4 Å². The zero-order valence-corrected chi connectivity index (χ0v) is 12.3. The van der Waals surface area contributed by atoms with Crippen LogP contribution in [0.2, 0.25) is 0 Å². The third kappa shape index (κ3) is 1.60. The highest BCUT2D eigenvalue weighted by Gasteiger charge is 2.29. The molecule has 0 bridgehead atoms. The Morgan fingerprint density at radius 1 is 1.08 bits per heavy atom. The zero-order chi connectivity index (χ0) is 16.3. The van der Waals surface area contributed by atoms with Gasteiger partial charge < -0.3 is 9.47 Å². The van der Waals surface area contributed by atoms with Crippen LogP contribution in [-0.2, 0) is 6.54 Å². The van der Waals surface area contributed by atoms with E-state index in [0.29, 0.717) is 17.7 Å². The number of fused-ring (bicyclic) bond motifs is 4. The maximum atomic E-state index is 11.1. The second kappa shape index (κ2) is 4.51. The number of nitro benzene ring substituents is 1. The fraction of sp³-hybridized carbons (Fsp3) is 0.133. The maximum absolute atomic E-state index is 11.1. The van der Waals surface area contributed by atoms with Crippen LogP contribution in [0, 0.1) is 10.1 Å². The van der Waals surface area contributed by atoms with Crippen LogP contribution in [0.4, 0.5) is 17.3 Å². The summed E-state index contributed by atoms with van der Waals surface area (Å²) in [4.78, 5) is 17.3. The molecule has 5 rings (SSSR count). The van der Waals surface area contributed by atoms with Gasteiger partial charge in [0.2, 0.25) is 11.5 Å². The molecule has 0 radical (unpaired) electrons. The number of aromatic nitrogens is 4. The largest absolute Gasteiger partial charge is 0.308 e. The van der Waals surface area contributed by atoms with E-state index in [2.05, 4.69) is 19.9 Å². The van der Waals surface area contributed by atoms with E-state index in [-0.39, 0.29) is 11.2 Å². The molecule has 9 nitrogen and oxygen atoms in total. The lowest BCUT2D eigenvalue weighted by molar-refractivity contribution is -0.383. The topological polar surface area (TPSA) is 103 Å². The van der Waals surface area contributed by atoms with Crippen LogP contribution in [0.5, 0.6) is 0 Å². The van der Waals surface area contributed by atoms with E-state index < -0.39 is 4.92 Å². The van der Waals surface area contributed by atoms with E-state index in [1.165, 1.54) is 6.07 Å². The van der Waals surface area contributed by atoms with Crippen molar-refractivity contribution in [3.05, 3.63) is 46.5 Å². The summed E-state index contributed by atoms with van der Waals surface area (Å²) >= 11 is 0. The Labute approximate surface area is 134 Å². The second-order valence-electron chi connectivity index (χ2n) is 5.53. The monoisotopic (exact) mass is 322 g/mol. The van der Waals surface area contributed by atoms with E-state index in [0.717, 1.165) is 23.5 Å². The van der Waals surface area contributed by atoms with E-state index in [9.17, 15) is 10.1 Å². The van der Waals surface area contributed by atoms with Gasteiger partial charge in [-0.1, -0.05) is 12.1 Å². The normalized spacial score (nSPS) is 13.8. The van der Waals surface area contributed by atoms with Gasteiger partial charge in [0.25, 0.3) is 0 Å². The van der Waals surface area contributed by atoms with E-state index >= 15 is 0 Å². The summed E-state index contributed by atoms with van der Waals surface area (Å²) in [5, 5.41) is 18.7. The van der Waals surface area contributed by atoms with Crippen molar-refractivity contribution >= 4 is 39.4 Å². The number of benzene rings is 2. The molecule has 0 saturated carbocycles. The van der Waals surface area contributed by atoms with Gasteiger partial charge in [-0.05, 0) is 28.5 Å². The van der Waals surface area contributed by atoms with Gasteiger partial charge in [-0.2, -0.15) is 0 Å². The van der Waals surface area contributed by atoms with Crippen molar-refractivity contribution in [1.82, 2.24) is 19.9 Å². The molecule has 3 heterocycles. The molecular weight excluding hydrogens is 312 g/mol. The number of anilines is 2.